The first-order chi connectivity index (χ1) is 9.63. The van der Waals surface area contributed by atoms with Crippen LogP contribution in [0.3, 0.4) is 0 Å². The van der Waals surface area contributed by atoms with E-state index in [1.807, 2.05) is 19.1 Å². The summed E-state index contributed by atoms with van der Waals surface area (Å²) in [7, 11) is 3.59. The van der Waals surface area contributed by atoms with E-state index < -0.39 is 0 Å². The van der Waals surface area contributed by atoms with Gasteiger partial charge in [-0.15, -0.1) is 0 Å². The molecule has 1 amide bonds. The minimum atomic E-state index is 0.177. The molecule has 0 saturated carbocycles. The molecule has 0 aliphatic rings. The Morgan fingerprint density at radius 1 is 1.30 bits per heavy atom. The van der Waals surface area contributed by atoms with Crippen LogP contribution < -0.4 is 4.74 Å². The Kier molecular flexibility index (Phi) is 4.66. The summed E-state index contributed by atoms with van der Waals surface area (Å²) in [6.07, 6.45) is 3.49. The fourth-order valence-corrected chi connectivity index (χ4v) is 2.30. The smallest absolute Gasteiger partial charge is 0.222 e. The van der Waals surface area contributed by atoms with Crippen LogP contribution in [0.2, 0.25) is 0 Å². The first kappa shape index (κ1) is 14.4. The Morgan fingerprint density at radius 3 is 2.80 bits per heavy atom. The zero-order valence-electron chi connectivity index (χ0n) is 12.4. The lowest BCUT2D eigenvalue weighted by Crippen LogP contribution is -2.21. The van der Waals surface area contributed by atoms with Gasteiger partial charge in [0.25, 0.3) is 0 Å². The van der Waals surface area contributed by atoms with Gasteiger partial charge in [0.2, 0.25) is 5.91 Å². The molecule has 0 aliphatic heterocycles. The van der Waals surface area contributed by atoms with Gasteiger partial charge < -0.3 is 14.2 Å². The summed E-state index contributed by atoms with van der Waals surface area (Å²) < 4.78 is 7.81. The molecule has 20 heavy (non-hydrogen) atoms. The van der Waals surface area contributed by atoms with Crippen molar-refractivity contribution in [3.05, 3.63) is 30.5 Å². The van der Waals surface area contributed by atoms with Gasteiger partial charge in [0.1, 0.15) is 5.75 Å². The highest BCUT2D eigenvalue weighted by Gasteiger charge is 2.07. The maximum Gasteiger partial charge on any atom is 0.222 e. The zero-order valence-corrected chi connectivity index (χ0v) is 12.4. The molecular formula is C16H22N2O2. The van der Waals surface area contributed by atoms with Crippen molar-refractivity contribution >= 4 is 16.8 Å². The van der Waals surface area contributed by atoms with Gasteiger partial charge in [-0.2, -0.15) is 0 Å². The van der Waals surface area contributed by atoms with Crippen molar-refractivity contribution in [2.75, 3.05) is 20.7 Å². The third kappa shape index (κ3) is 3.13. The second kappa shape index (κ2) is 6.46. The number of hydrogen-bond acceptors (Lipinski definition) is 2. The highest BCUT2D eigenvalue weighted by Crippen LogP contribution is 2.26. The zero-order chi connectivity index (χ0) is 14.5. The van der Waals surface area contributed by atoms with Crippen LogP contribution in [0.15, 0.2) is 30.5 Å². The standard InChI is InChI=1S/C16H22N2O2/c1-4-20-15-8-5-7-14-13(15)10-12-18(14)11-6-9-16(19)17(2)3/h5,7-8,10,12H,4,6,9,11H2,1-3H3. The molecule has 1 aromatic carbocycles. The molecule has 0 bridgehead atoms. The van der Waals surface area contributed by atoms with Crippen LogP contribution in [-0.4, -0.2) is 36.1 Å². The molecule has 0 radical (unpaired) electrons. The molecule has 1 aromatic heterocycles. The summed E-state index contributed by atoms with van der Waals surface area (Å²) in [6, 6.07) is 8.17. The summed E-state index contributed by atoms with van der Waals surface area (Å²) >= 11 is 0. The molecule has 0 N–H and O–H groups in total. The molecule has 0 spiro atoms. The number of benzene rings is 1. The molecule has 108 valence electrons. The number of rotatable bonds is 6. The summed E-state index contributed by atoms with van der Waals surface area (Å²) in [5.41, 5.74) is 1.16. The molecule has 4 nitrogen and oxygen atoms in total. The fraction of sp³-hybridized carbons (Fsp3) is 0.438. The number of amides is 1. The first-order valence-corrected chi connectivity index (χ1v) is 7.04. The molecule has 4 heteroatoms. The van der Waals surface area contributed by atoms with Crippen LogP contribution in [0.25, 0.3) is 10.9 Å². The van der Waals surface area contributed by atoms with E-state index in [0.717, 1.165) is 29.6 Å². The fourth-order valence-electron chi connectivity index (χ4n) is 2.30. The third-order valence-electron chi connectivity index (χ3n) is 3.36. The van der Waals surface area contributed by atoms with E-state index in [1.54, 1.807) is 19.0 Å². The Labute approximate surface area is 119 Å². The van der Waals surface area contributed by atoms with Crippen molar-refractivity contribution in [1.29, 1.82) is 0 Å². The summed E-state index contributed by atoms with van der Waals surface area (Å²) in [4.78, 5) is 13.2. The number of nitrogens with zero attached hydrogens (tertiary/aromatic N) is 2. The topological polar surface area (TPSA) is 34.5 Å². The molecule has 0 unspecified atom stereocenters. The molecule has 0 atom stereocenters. The van der Waals surface area contributed by atoms with Crippen molar-refractivity contribution in [2.24, 2.45) is 0 Å². The molecular weight excluding hydrogens is 252 g/mol. The highest BCUT2D eigenvalue weighted by atomic mass is 16.5. The normalized spacial score (nSPS) is 10.8. The van der Waals surface area contributed by atoms with E-state index in [0.29, 0.717) is 13.0 Å². The number of carbonyl (C=O) groups excluding carboxylic acids is 1. The summed E-state index contributed by atoms with van der Waals surface area (Å²) in [6.45, 7) is 3.50. The Morgan fingerprint density at radius 2 is 2.10 bits per heavy atom. The molecule has 0 fully saturated rings. The predicted molar refractivity (Wildman–Crippen MR) is 81.0 cm³/mol. The van der Waals surface area contributed by atoms with E-state index in [-0.39, 0.29) is 5.91 Å². The average molecular weight is 274 g/mol. The first-order valence-electron chi connectivity index (χ1n) is 7.04. The van der Waals surface area contributed by atoms with Gasteiger partial charge in [0.15, 0.2) is 0 Å². The quantitative estimate of drug-likeness (QED) is 0.811. The van der Waals surface area contributed by atoms with Gasteiger partial charge in [0.05, 0.1) is 12.1 Å². The Bertz CT molecular complexity index is 587. The largest absolute Gasteiger partial charge is 0.493 e. The van der Waals surface area contributed by atoms with Crippen molar-refractivity contribution in [2.45, 2.75) is 26.3 Å². The van der Waals surface area contributed by atoms with Crippen LogP contribution in [-0.2, 0) is 11.3 Å². The number of carbonyl (C=O) groups is 1. The number of ether oxygens (including phenoxy) is 1. The number of aromatic nitrogens is 1. The highest BCUT2D eigenvalue weighted by molar-refractivity contribution is 5.86. The Balaban J connectivity index is 2.08. The number of aryl methyl sites for hydroxylation is 1. The van der Waals surface area contributed by atoms with Gasteiger partial charge in [-0.05, 0) is 31.5 Å². The van der Waals surface area contributed by atoms with Crippen LogP contribution in [0.5, 0.6) is 5.75 Å². The lowest BCUT2D eigenvalue weighted by Gasteiger charge is -2.11. The maximum absolute atomic E-state index is 11.6. The van der Waals surface area contributed by atoms with Crippen LogP contribution in [0.1, 0.15) is 19.8 Å². The van der Waals surface area contributed by atoms with Gasteiger partial charge in [0, 0.05) is 38.6 Å². The second-order valence-electron chi connectivity index (χ2n) is 5.02. The van der Waals surface area contributed by atoms with Gasteiger partial charge in [-0.25, -0.2) is 0 Å². The average Bonchev–Trinajstić information content (AvgIpc) is 2.83. The van der Waals surface area contributed by atoms with Crippen molar-refractivity contribution in [3.63, 3.8) is 0 Å². The van der Waals surface area contributed by atoms with E-state index in [9.17, 15) is 4.79 Å². The second-order valence-corrected chi connectivity index (χ2v) is 5.02. The van der Waals surface area contributed by atoms with Crippen molar-refractivity contribution in [1.82, 2.24) is 9.47 Å². The van der Waals surface area contributed by atoms with Crippen LogP contribution in [0, 0.1) is 0 Å². The minimum Gasteiger partial charge on any atom is -0.493 e. The molecule has 0 aliphatic carbocycles. The van der Waals surface area contributed by atoms with Crippen molar-refractivity contribution in [3.8, 4) is 5.75 Å². The maximum atomic E-state index is 11.6. The van der Waals surface area contributed by atoms with E-state index in [4.69, 9.17) is 4.74 Å². The monoisotopic (exact) mass is 274 g/mol. The summed E-state index contributed by atoms with van der Waals surface area (Å²) in [5, 5.41) is 1.13. The lowest BCUT2D eigenvalue weighted by molar-refractivity contribution is -0.128. The van der Waals surface area contributed by atoms with Gasteiger partial charge >= 0.3 is 0 Å². The van der Waals surface area contributed by atoms with Crippen LogP contribution >= 0.6 is 0 Å². The third-order valence-corrected chi connectivity index (χ3v) is 3.36. The SMILES string of the molecule is CCOc1cccc2c1ccn2CCCC(=O)N(C)C. The molecule has 2 aromatic rings. The minimum absolute atomic E-state index is 0.177. The lowest BCUT2D eigenvalue weighted by atomic mass is 10.2. The van der Waals surface area contributed by atoms with Gasteiger partial charge in [-0.3, -0.25) is 4.79 Å². The predicted octanol–water partition coefficient (Wildman–Crippen LogP) is 2.91. The van der Waals surface area contributed by atoms with Gasteiger partial charge in [-0.1, -0.05) is 6.07 Å². The Hall–Kier alpha value is -1.97. The number of fused-ring (bicyclic) bond motifs is 1. The van der Waals surface area contributed by atoms with E-state index in [2.05, 4.69) is 22.9 Å². The summed E-state index contributed by atoms with van der Waals surface area (Å²) in [5.74, 6) is 1.10. The molecule has 0 saturated heterocycles. The molecule has 1 heterocycles. The molecule has 2 rings (SSSR count). The van der Waals surface area contributed by atoms with E-state index in [1.165, 1.54) is 0 Å². The van der Waals surface area contributed by atoms with Crippen LogP contribution in [0.4, 0.5) is 0 Å². The van der Waals surface area contributed by atoms with Crippen molar-refractivity contribution < 1.29 is 9.53 Å². The number of hydrogen-bond donors (Lipinski definition) is 0. The van der Waals surface area contributed by atoms with E-state index >= 15 is 0 Å².